The first kappa shape index (κ1) is 17.3. The number of aromatic nitrogens is 2. The Labute approximate surface area is 151 Å². The molecule has 0 saturated heterocycles. The molecule has 1 heterocycles. The number of ether oxygens (including phenoxy) is 1. The van der Waals surface area contributed by atoms with E-state index in [1.165, 1.54) is 0 Å². The Balaban J connectivity index is 1.62. The summed E-state index contributed by atoms with van der Waals surface area (Å²) in [7, 11) is 0. The van der Waals surface area contributed by atoms with Gasteiger partial charge in [-0.2, -0.15) is 5.10 Å². The zero-order valence-electron chi connectivity index (χ0n) is 14.5. The van der Waals surface area contributed by atoms with E-state index in [2.05, 4.69) is 27.6 Å². The fourth-order valence-electron chi connectivity index (χ4n) is 2.39. The van der Waals surface area contributed by atoms with Crippen LogP contribution in [0.5, 0.6) is 5.75 Å². The lowest BCUT2D eigenvalue weighted by atomic mass is 10.1. The third-order valence-electron chi connectivity index (χ3n) is 3.73. The molecule has 0 atom stereocenters. The number of hydrogen-bond donors (Lipinski definition) is 3. The molecule has 26 heavy (non-hydrogen) atoms. The summed E-state index contributed by atoms with van der Waals surface area (Å²) in [5.41, 5.74) is 8.84. The number of carbonyl (C=O) groups excluding carboxylic acids is 1. The van der Waals surface area contributed by atoms with E-state index in [-0.39, 0.29) is 5.91 Å². The van der Waals surface area contributed by atoms with Crippen molar-refractivity contribution in [3.8, 4) is 17.0 Å². The highest BCUT2D eigenvalue weighted by Crippen LogP contribution is 2.21. The van der Waals surface area contributed by atoms with Crippen LogP contribution < -0.4 is 15.6 Å². The van der Waals surface area contributed by atoms with E-state index in [4.69, 9.17) is 4.74 Å². The highest BCUT2D eigenvalue weighted by Gasteiger charge is 2.11. The van der Waals surface area contributed by atoms with Crippen LogP contribution in [0.1, 0.15) is 23.0 Å². The van der Waals surface area contributed by atoms with Gasteiger partial charge in [-0.15, -0.1) is 0 Å². The summed E-state index contributed by atoms with van der Waals surface area (Å²) in [4.78, 5) is 12.3. The molecule has 0 spiro atoms. The molecule has 6 heteroatoms. The molecule has 0 radical (unpaired) electrons. The van der Waals surface area contributed by atoms with Gasteiger partial charge in [-0.1, -0.05) is 36.9 Å². The van der Waals surface area contributed by atoms with E-state index < -0.39 is 0 Å². The van der Waals surface area contributed by atoms with Gasteiger partial charge >= 0.3 is 0 Å². The number of nitrogens with zero attached hydrogens (tertiary/aromatic N) is 1. The summed E-state index contributed by atoms with van der Waals surface area (Å²) in [6.07, 6.45) is 0. The second-order valence-corrected chi connectivity index (χ2v) is 5.55. The van der Waals surface area contributed by atoms with Crippen LogP contribution in [0.4, 0.5) is 0 Å². The molecule has 0 unspecified atom stereocenters. The summed E-state index contributed by atoms with van der Waals surface area (Å²) in [5.74, 6) is 0.472. The number of nitrogens with one attached hydrogen (secondary N) is 3. The summed E-state index contributed by atoms with van der Waals surface area (Å²) in [5, 5.41) is 6.94. The van der Waals surface area contributed by atoms with Crippen molar-refractivity contribution >= 4 is 11.6 Å². The quantitative estimate of drug-likeness (QED) is 0.572. The summed E-state index contributed by atoms with van der Waals surface area (Å²) >= 11 is 0. The molecular formula is C20H20N4O2. The second-order valence-electron chi connectivity index (χ2n) is 5.55. The number of benzene rings is 2. The Bertz CT molecular complexity index is 886. The molecule has 0 bridgehead atoms. The second kappa shape index (κ2) is 8.02. The Morgan fingerprint density at radius 1 is 1.12 bits per heavy atom. The first-order valence-electron chi connectivity index (χ1n) is 8.26. The molecule has 0 saturated carbocycles. The van der Waals surface area contributed by atoms with Crippen molar-refractivity contribution in [1.82, 2.24) is 21.0 Å². The van der Waals surface area contributed by atoms with Gasteiger partial charge in [-0.25, -0.2) is 0 Å². The molecule has 6 nitrogen and oxygen atoms in total. The highest BCUT2D eigenvalue weighted by molar-refractivity contribution is 5.93. The highest BCUT2D eigenvalue weighted by atomic mass is 16.5. The lowest BCUT2D eigenvalue weighted by Crippen LogP contribution is -2.36. The number of amides is 1. The van der Waals surface area contributed by atoms with E-state index >= 15 is 0 Å². The lowest BCUT2D eigenvalue weighted by molar-refractivity contribution is 0.0937. The van der Waals surface area contributed by atoms with Crippen LogP contribution in [0.3, 0.4) is 0 Å². The molecular weight excluding hydrogens is 328 g/mol. The maximum Gasteiger partial charge on any atom is 0.287 e. The number of rotatable bonds is 7. The van der Waals surface area contributed by atoms with Crippen molar-refractivity contribution in [2.45, 2.75) is 6.92 Å². The molecule has 132 valence electrons. The van der Waals surface area contributed by atoms with Crippen LogP contribution in [0, 0.1) is 0 Å². The van der Waals surface area contributed by atoms with Crippen molar-refractivity contribution in [2.75, 3.05) is 6.61 Å². The Morgan fingerprint density at radius 3 is 2.54 bits per heavy atom. The first-order valence-corrected chi connectivity index (χ1v) is 8.26. The average molecular weight is 348 g/mol. The smallest absolute Gasteiger partial charge is 0.287 e. The van der Waals surface area contributed by atoms with Crippen molar-refractivity contribution in [3.63, 3.8) is 0 Å². The Morgan fingerprint density at radius 2 is 1.85 bits per heavy atom. The maximum absolute atomic E-state index is 12.3. The standard InChI is InChI=1S/C20H20N4O2/c1-3-26-17-11-9-16(10-12-17)18-13-19(23-22-18)20(25)24-21-14(2)15-7-5-4-6-8-15/h4-13,21H,2-3H2,1H3,(H,22,23)(H,24,25). The van der Waals surface area contributed by atoms with E-state index in [9.17, 15) is 4.79 Å². The number of hydrogen-bond acceptors (Lipinski definition) is 4. The predicted octanol–water partition coefficient (Wildman–Crippen LogP) is 3.38. The maximum atomic E-state index is 12.3. The zero-order chi connectivity index (χ0) is 18.4. The SMILES string of the molecule is C=C(NNC(=O)c1cc(-c2ccc(OCC)cc2)n[nH]1)c1ccccc1. The van der Waals surface area contributed by atoms with E-state index in [0.717, 1.165) is 16.9 Å². The molecule has 3 aromatic rings. The van der Waals surface area contributed by atoms with Gasteiger partial charge < -0.3 is 4.74 Å². The first-order chi connectivity index (χ1) is 12.7. The molecule has 3 rings (SSSR count). The predicted molar refractivity (Wildman–Crippen MR) is 101 cm³/mol. The largest absolute Gasteiger partial charge is 0.494 e. The molecule has 1 aromatic heterocycles. The van der Waals surface area contributed by atoms with Crippen LogP contribution in [0.25, 0.3) is 17.0 Å². The minimum Gasteiger partial charge on any atom is -0.494 e. The fraction of sp³-hybridized carbons (Fsp3) is 0.100. The van der Waals surface area contributed by atoms with Crippen molar-refractivity contribution in [2.24, 2.45) is 0 Å². The minimum absolute atomic E-state index is 0.327. The molecule has 1 amide bonds. The van der Waals surface area contributed by atoms with Gasteiger partial charge in [0.05, 0.1) is 18.0 Å². The van der Waals surface area contributed by atoms with Gasteiger partial charge in [-0.3, -0.25) is 20.7 Å². The molecule has 0 aliphatic carbocycles. The summed E-state index contributed by atoms with van der Waals surface area (Å²) in [6.45, 7) is 6.46. The molecule has 0 aliphatic rings. The van der Waals surface area contributed by atoms with Crippen molar-refractivity contribution in [3.05, 3.63) is 78.5 Å². The van der Waals surface area contributed by atoms with Gasteiger partial charge in [-0.05, 0) is 42.8 Å². The van der Waals surface area contributed by atoms with Crippen molar-refractivity contribution in [1.29, 1.82) is 0 Å². The third-order valence-corrected chi connectivity index (χ3v) is 3.73. The number of aromatic amines is 1. The molecule has 2 aromatic carbocycles. The number of hydrazine groups is 1. The van der Waals surface area contributed by atoms with Gasteiger partial charge in [0.15, 0.2) is 0 Å². The lowest BCUT2D eigenvalue weighted by Gasteiger charge is -2.10. The van der Waals surface area contributed by atoms with Crippen LogP contribution in [0.15, 0.2) is 67.2 Å². The normalized spacial score (nSPS) is 10.2. The van der Waals surface area contributed by atoms with Crippen LogP contribution in [-0.4, -0.2) is 22.7 Å². The third kappa shape index (κ3) is 4.10. The fourth-order valence-corrected chi connectivity index (χ4v) is 2.39. The number of H-pyrrole nitrogens is 1. The molecule has 0 fully saturated rings. The van der Waals surface area contributed by atoms with E-state index in [1.807, 2.05) is 61.5 Å². The van der Waals surface area contributed by atoms with E-state index in [1.54, 1.807) is 6.07 Å². The van der Waals surface area contributed by atoms with Crippen LogP contribution in [-0.2, 0) is 0 Å². The summed E-state index contributed by atoms with van der Waals surface area (Å²) in [6, 6.07) is 18.8. The van der Waals surface area contributed by atoms with E-state index in [0.29, 0.717) is 23.7 Å². The van der Waals surface area contributed by atoms with Gasteiger partial charge in [0, 0.05) is 5.56 Å². The monoisotopic (exact) mass is 348 g/mol. The topological polar surface area (TPSA) is 79.0 Å². The van der Waals surface area contributed by atoms with Crippen molar-refractivity contribution < 1.29 is 9.53 Å². The Hall–Kier alpha value is -3.54. The van der Waals surface area contributed by atoms with Gasteiger partial charge in [0.2, 0.25) is 0 Å². The Kier molecular flexibility index (Phi) is 5.34. The average Bonchev–Trinajstić information content (AvgIpc) is 3.18. The van der Waals surface area contributed by atoms with Gasteiger partial charge in [0.25, 0.3) is 5.91 Å². The zero-order valence-corrected chi connectivity index (χ0v) is 14.5. The molecule has 3 N–H and O–H groups in total. The van der Waals surface area contributed by atoms with Crippen LogP contribution >= 0.6 is 0 Å². The van der Waals surface area contributed by atoms with Crippen LogP contribution in [0.2, 0.25) is 0 Å². The van der Waals surface area contributed by atoms with Gasteiger partial charge in [0.1, 0.15) is 11.4 Å². The number of carbonyl (C=O) groups is 1. The minimum atomic E-state index is -0.327. The summed E-state index contributed by atoms with van der Waals surface area (Å²) < 4.78 is 5.42. The molecule has 0 aliphatic heterocycles.